The van der Waals surface area contributed by atoms with Gasteiger partial charge in [0, 0.05) is 18.8 Å². The second-order valence-corrected chi connectivity index (χ2v) is 10.6. The van der Waals surface area contributed by atoms with Crippen molar-refractivity contribution in [3.05, 3.63) is 35.1 Å². The van der Waals surface area contributed by atoms with Crippen LogP contribution in [0.15, 0.2) is 40.1 Å². The minimum Gasteiger partial charge on any atom is -0.480 e. The lowest BCUT2D eigenvalue weighted by Crippen LogP contribution is -2.46. The third kappa shape index (κ3) is 3.90. The van der Waals surface area contributed by atoms with Crippen LogP contribution < -0.4 is 0 Å². The average molecular weight is 440 g/mol. The van der Waals surface area contributed by atoms with Crippen molar-refractivity contribution in [1.82, 2.24) is 9.21 Å². The van der Waals surface area contributed by atoms with Gasteiger partial charge in [0.25, 0.3) is 0 Å². The van der Waals surface area contributed by atoms with Crippen molar-refractivity contribution in [3.63, 3.8) is 0 Å². The first-order chi connectivity index (χ1) is 13.9. The van der Waals surface area contributed by atoms with Crippen LogP contribution in [0.25, 0.3) is 0 Å². The Morgan fingerprint density at radius 3 is 2.86 bits per heavy atom. The number of hydrogen-bond donors (Lipinski definition) is 1. The number of aliphatic carboxylic acids is 1. The molecular weight excluding hydrogens is 414 g/mol. The van der Waals surface area contributed by atoms with E-state index in [9.17, 15) is 18.3 Å². The predicted octanol–water partition coefficient (Wildman–Crippen LogP) is 1.44. The number of hydrogen-bond acceptors (Lipinski definition) is 7. The molecule has 4 rings (SSSR count). The zero-order valence-electron chi connectivity index (χ0n) is 16.2. The summed E-state index contributed by atoms with van der Waals surface area (Å²) in [5.74, 6) is -0.899. The molecule has 0 aromatic heterocycles. The van der Waals surface area contributed by atoms with Crippen molar-refractivity contribution in [2.75, 3.05) is 32.8 Å². The van der Waals surface area contributed by atoms with Gasteiger partial charge in [-0.1, -0.05) is 18.2 Å². The standard InChI is InChI=1S/C19H25N3O5S2/c1-13-15(18-19(20-12-28-18)22(13)11-17(23)24)10-14-4-2-3-5-16(14)29(25,26)21-6-8-27-9-7-21/h2-4,12,16,18-19H,5-11H2,1H3,(H,23,24). The Morgan fingerprint density at radius 2 is 2.14 bits per heavy atom. The van der Waals surface area contributed by atoms with Crippen LogP contribution in [-0.2, 0) is 19.6 Å². The topological polar surface area (TPSA) is 99.5 Å². The van der Waals surface area contributed by atoms with Gasteiger partial charge in [0.05, 0.1) is 24.0 Å². The largest absolute Gasteiger partial charge is 0.480 e. The van der Waals surface area contributed by atoms with Crippen LogP contribution >= 0.6 is 11.8 Å². The fourth-order valence-corrected chi connectivity index (χ4v) is 7.35. The first kappa shape index (κ1) is 20.6. The van der Waals surface area contributed by atoms with Crippen LogP contribution in [0, 0.1) is 0 Å². The van der Waals surface area contributed by atoms with Gasteiger partial charge in [-0.15, -0.1) is 11.8 Å². The summed E-state index contributed by atoms with van der Waals surface area (Å²) in [7, 11) is -3.48. The van der Waals surface area contributed by atoms with Gasteiger partial charge in [-0.05, 0) is 30.9 Å². The summed E-state index contributed by atoms with van der Waals surface area (Å²) in [4.78, 5) is 17.6. The van der Waals surface area contributed by atoms with Crippen LogP contribution in [0.1, 0.15) is 19.8 Å². The molecule has 1 N–H and O–H groups in total. The van der Waals surface area contributed by atoms with Crippen LogP contribution in [0.2, 0.25) is 0 Å². The highest BCUT2D eigenvalue weighted by Gasteiger charge is 2.43. The number of carboxylic acids is 1. The molecule has 0 aromatic rings. The second-order valence-electron chi connectivity index (χ2n) is 7.48. The summed E-state index contributed by atoms with van der Waals surface area (Å²) in [5.41, 5.74) is 4.59. The van der Waals surface area contributed by atoms with Crippen molar-refractivity contribution in [2.45, 2.75) is 36.4 Å². The molecule has 1 saturated heterocycles. The zero-order chi connectivity index (χ0) is 20.6. The molecule has 158 valence electrons. The number of sulfonamides is 1. The fraction of sp³-hybridized carbons (Fsp3) is 0.579. The van der Waals surface area contributed by atoms with E-state index in [4.69, 9.17) is 4.74 Å². The molecule has 10 heteroatoms. The molecule has 0 amide bonds. The van der Waals surface area contributed by atoms with Crippen molar-refractivity contribution in [3.8, 4) is 0 Å². The fourth-order valence-electron chi connectivity index (χ4n) is 4.33. The molecule has 0 aromatic carbocycles. The maximum Gasteiger partial charge on any atom is 0.323 e. The first-order valence-corrected chi connectivity index (χ1v) is 12.1. The summed E-state index contributed by atoms with van der Waals surface area (Å²) >= 11 is 1.58. The molecule has 29 heavy (non-hydrogen) atoms. The number of ether oxygens (including phenoxy) is 1. The smallest absolute Gasteiger partial charge is 0.323 e. The molecule has 8 nitrogen and oxygen atoms in total. The van der Waals surface area contributed by atoms with Crippen LogP contribution in [-0.4, -0.2) is 83.8 Å². The van der Waals surface area contributed by atoms with Gasteiger partial charge < -0.3 is 14.7 Å². The SMILES string of the molecule is CC1=C(CC2=CC=CCC2S(=O)(=O)N2CCOCC2)C2SC=NC2N1CC(=O)O. The van der Waals surface area contributed by atoms with E-state index >= 15 is 0 Å². The Bertz CT molecular complexity index is 903. The molecule has 3 atom stereocenters. The van der Waals surface area contributed by atoms with Crippen LogP contribution in [0.3, 0.4) is 0 Å². The predicted molar refractivity (Wildman–Crippen MR) is 112 cm³/mol. The zero-order valence-corrected chi connectivity index (χ0v) is 17.9. The molecule has 1 aliphatic carbocycles. The number of thioether (sulfide) groups is 1. The first-order valence-electron chi connectivity index (χ1n) is 9.67. The highest BCUT2D eigenvalue weighted by molar-refractivity contribution is 8.13. The lowest BCUT2D eigenvalue weighted by atomic mass is 9.95. The summed E-state index contributed by atoms with van der Waals surface area (Å²) < 4.78 is 33.5. The van der Waals surface area contributed by atoms with E-state index in [1.165, 1.54) is 4.31 Å². The summed E-state index contributed by atoms with van der Waals surface area (Å²) in [5, 5.41) is 8.72. The van der Waals surface area contributed by atoms with E-state index in [0.29, 0.717) is 39.1 Å². The lowest BCUT2D eigenvalue weighted by Gasteiger charge is -2.32. The molecule has 0 spiro atoms. The third-order valence-corrected chi connectivity index (χ3v) is 9.21. The lowest BCUT2D eigenvalue weighted by molar-refractivity contribution is -0.138. The van der Waals surface area contributed by atoms with E-state index < -0.39 is 21.2 Å². The Hall–Kier alpha value is -1.62. The number of fused-ring (bicyclic) bond motifs is 1. The number of morpholine rings is 1. The highest BCUT2D eigenvalue weighted by atomic mass is 32.2. The van der Waals surface area contributed by atoms with Gasteiger partial charge >= 0.3 is 5.97 Å². The maximum atomic E-state index is 13.3. The van der Waals surface area contributed by atoms with Gasteiger partial charge in [0.15, 0.2) is 0 Å². The minimum absolute atomic E-state index is 0.0351. The van der Waals surface area contributed by atoms with Gasteiger partial charge in [-0.25, -0.2) is 8.42 Å². The molecule has 0 saturated carbocycles. The van der Waals surface area contributed by atoms with Crippen LogP contribution in [0.4, 0.5) is 0 Å². The highest BCUT2D eigenvalue weighted by Crippen LogP contribution is 2.44. The van der Waals surface area contributed by atoms with E-state index in [1.54, 1.807) is 17.3 Å². The molecule has 3 aliphatic heterocycles. The Kier molecular flexibility index (Phi) is 5.87. The third-order valence-electron chi connectivity index (χ3n) is 5.85. The number of allylic oxidation sites excluding steroid dienone is 4. The average Bonchev–Trinajstić information content (AvgIpc) is 3.27. The monoisotopic (exact) mass is 439 g/mol. The van der Waals surface area contributed by atoms with E-state index in [0.717, 1.165) is 16.8 Å². The van der Waals surface area contributed by atoms with Gasteiger partial charge in [-0.3, -0.25) is 9.79 Å². The van der Waals surface area contributed by atoms with E-state index in [2.05, 4.69) is 4.99 Å². The number of aliphatic imine (C=N–C) groups is 1. The van der Waals surface area contributed by atoms with Crippen LogP contribution in [0.5, 0.6) is 0 Å². The second kappa shape index (κ2) is 8.25. The van der Waals surface area contributed by atoms with Gasteiger partial charge in [0.2, 0.25) is 10.0 Å². The van der Waals surface area contributed by atoms with E-state index in [-0.39, 0.29) is 18.0 Å². The van der Waals surface area contributed by atoms with Crippen molar-refractivity contribution >= 4 is 33.3 Å². The molecular formula is C19H25N3O5S2. The maximum absolute atomic E-state index is 13.3. The van der Waals surface area contributed by atoms with Crippen molar-refractivity contribution in [1.29, 1.82) is 0 Å². The van der Waals surface area contributed by atoms with E-state index in [1.807, 2.05) is 30.1 Å². The number of nitrogens with zero attached hydrogens (tertiary/aromatic N) is 3. The van der Waals surface area contributed by atoms with Crippen molar-refractivity contribution < 1.29 is 23.1 Å². The molecule has 1 fully saturated rings. The molecule has 4 aliphatic rings. The molecule has 0 radical (unpaired) electrons. The number of rotatable bonds is 6. The number of carbonyl (C=O) groups is 1. The quantitative estimate of drug-likeness (QED) is 0.668. The summed E-state index contributed by atoms with van der Waals surface area (Å²) in [6, 6.07) is 0. The molecule has 0 bridgehead atoms. The Morgan fingerprint density at radius 1 is 1.38 bits per heavy atom. The summed E-state index contributed by atoms with van der Waals surface area (Å²) in [6.45, 7) is 3.43. The summed E-state index contributed by atoms with van der Waals surface area (Å²) in [6.07, 6.45) is 6.46. The molecule has 3 heterocycles. The number of carboxylic acid groups (broad SMARTS) is 1. The molecule has 3 unspecified atom stereocenters. The normalized spacial score (nSPS) is 30.0. The Labute approximate surface area is 175 Å². The minimum atomic E-state index is -3.48. The Balaban J connectivity index is 1.59. The van der Waals surface area contributed by atoms with Gasteiger partial charge in [0.1, 0.15) is 18.0 Å². The van der Waals surface area contributed by atoms with Crippen molar-refractivity contribution in [2.24, 2.45) is 4.99 Å². The van der Waals surface area contributed by atoms with Gasteiger partial charge in [-0.2, -0.15) is 4.31 Å².